The van der Waals surface area contributed by atoms with Crippen LogP contribution in [0.25, 0.3) is 28.7 Å². The Morgan fingerprint density at radius 1 is 0.969 bits per heavy atom. The van der Waals surface area contributed by atoms with Gasteiger partial charge in [0, 0.05) is 32.9 Å². The van der Waals surface area contributed by atoms with Gasteiger partial charge in [0.1, 0.15) is 29.6 Å². The third-order valence-corrected chi connectivity index (χ3v) is 5.19. The van der Waals surface area contributed by atoms with Crippen LogP contribution in [-0.2, 0) is 11.4 Å². The molecule has 7 heteroatoms. The largest absolute Gasteiger partial charge is 0.459 e. The Morgan fingerprint density at radius 2 is 1.72 bits per heavy atom. The van der Waals surface area contributed by atoms with Crippen LogP contribution in [0.15, 0.2) is 75.6 Å². The maximum atomic E-state index is 12.3. The number of hydrogen-bond acceptors (Lipinski definition) is 4. The van der Waals surface area contributed by atoms with Gasteiger partial charge in [-0.1, -0.05) is 23.2 Å². The van der Waals surface area contributed by atoms with Gasteiger partial charge in [-0.25, -0.2) is 0 Å². The Balaban J connectivity index is 1.42. The molecular formula is C25H19Cl2NO4. The minimum absolute atomic E-state index is 0.149. The smallest absolute Gasteiger partial charge is 0.248 e. The summed E-state index contributed by atoms with van der Waals surface area (Å²) in [5.74, 6) is 2.00. The molecule has 0 aliphatic heterocycles. The number of halogens is 2. The molecule has 0 unspecified atom stereocenters. The van der Waals surface area contributed by atoms with Gasteiger partial charge in [0.2, 0.25) is 5.91 Å². The molecule has 0 bridgehead atoms. The van der Waals surface area contributed by atoms with E-state index >= 15 is 0 Å². The number of aliphatic hydroxyl groups is 1. The molecule has 0 fully saturated rings. The number of hydrogen-bond donors (Lipinski definition) is 2. The summed E-state index contributed by atoms with van der Waals surface area (Å²) in [6.07, 6.45) is 2.99. The average Bonchev–Trinajstić information content (AvgIpc) is 3.41. The molecule has 0 aliphatic carbocycles. The van der Waals surface area contributed by atoms with E-state index in [9.17, 15) is 4.79 Å². The molecule has 1 amide bonds. The predicted molar refractivity (Wildman–Crippen MR) is 127 cm³/mol. The topological polar surface area (TPSA) is 75.6 Å². The molecule has 5 nitrogen and oxygen atoms in total. The Kier molecular flexibility index (Phi) is 6.51. The number of rotatable bonds is 6. The first-order valence-corrected chi connectivity index (χ1v) is 10.5. The highest BCUT2D eigenvalue weighted by atomic mass is 35.5. The van der Waals surface area contributed by atoms with Gasteiger partial charge in [-0.2, -0.15) is 0 Å². The summed E-state index contributed by atoms with van der Waals surface area (Å²) >= 11 is 12.1. The van der Waals surface area contributed by atoms with Crippen LogP contribution in [0.2, 0.25) is 10.0 Å². The van der Waals surface area contributed by atoms with E-state index in [0.29, 0.717) is 38.8 Å². The highest BCUT2D eigenvalue weighted by Crippen LogP contribution is 2.29. The highest BCUT2D eigenvalue weighted by molar-refractivity contribution is 6.35. The first-order valence-electron chi connectivity index (χ1n) is 9.77. The number of carbonyl (C=O) groups excluding carboxylic acids is 1. The van der Waals surface area contributed by atoms with Crippen molar-refractivity contribution in [2.75, 3.05) is 5.32 Å². The first-order chi connectivity index (χ1) is 15.4. The lowest BCUT2D eigenvalue weighted by atomic mass is 10.1. The lowest BCUT2D eigenvalue weighted by Crippen LogP contribution is -2.07. The third-order valence-electron chi connectivity index (χ3n) is 4.75. The normalized spacial score (nSPS) is 11.2. The molecular weight excluding hydrogens is 449 g/mol. The summed E-state index contributed by atoms with van der Waals surface area (Å²) in [6, 6.07) is 17.8. The fourth-order valence-corrected chi connectivity index (χ4v) is 3.79. The second-order valence-electron chi connectivity index (χ2n) is 7.14. The molecule has 4 aromatic rings. The van der Waals surface area contributed by atoms with E-state index in [-0.39, 0.29) is 12.5 Å². The zero-order valence-electron chi connectivity index (χ0n) is 17.1. The average molecular weight is 468 g/mol. The van der Waals surface area contributed by atoms with E-state index in [1.807, 2.05) is 25.1 Å². The van der Waals surface area contributed by atoms with Gasteiger partial charge in [-0.05, 0) is 79.2 Å². The minimum atomic E-state index is -0.290. The van der Waals surface area contributed by atoms with Gasteiger partial charge in [-0.15, -0.1) is 0 Å². The van der Waals surface area contributed by atoms with E-state index < -0.39 is 0 Å². The Bertz CT molecular complexity index is 1280. The maximum Gasteiger partial charge on any atom is 0.248 e. The molecule has 2 heterocycles. The van der Waals surface area contributed by atoms with E-state index in [2.05, 4.69) is 5.32 Å². The lowest BCUT2D eigenvalue weighted by Gasteiger charge is -2.07. The molecule has 162 valence electrons. The zero-order chi connectivity index (χ0) is 22.7. The fraction of sp³-hybridized carbons (Fsp3) is 0.0800. The molecule has 0 aliphatic rings. The number of furan rings is 2. The molecule has 0 spiro atoms. The molecule has 2 N–H and O–H groups in total. The monoisotopic (exact) mass is 467 g/mol. The quantitative estimate of drug-likeness (QED) is 0.300. The van der Waals surface area contributed by atoms with Crippen molar-refractivity contribution in [3.63, 3.8) is 0 Å². The standard InChI is InChI=1S/C25H19Cl2NO4/c1-15-10-19(2-6-22(15)24-8-4-21(14-29)32-24)28-25(30)9-5-20-3-7-23(31-20)16-11-17(26)13-18(27)12-16/h2-13,29H,14H2,1H3,(H,28,30)/b9-5+. The van der Waals surface area contributed by atoms with Gasteiger partial charge in [-0.3, -0.25) is 4.79 Å². The Hall–Kier alpha value is -3.25. The van der Waals surface area contributed by atoms with Crippen LogP contribution < -0.4 is 5.32 Å². The number of benzene rings is 2. The number of aliphatic hydroxyl groups excluding tert-OH is 1. The summed E-state index contributed by atoms with van der Waals surface area (Å²) < 4.78 is 11.3. The van der Waals surface area contributed by atoms with Crippen molar-refractivity contribution in [1.29, 1.82) is 0 Å². The van der Waals surface area contributed by atoms with Crippen LogP contribution in [0.3, 0.4) is 0 Å². The number of amides is 1. The van der Waals surface area contributed by atoms with Gasteiger partial charge in [0.05, 0.1) is 0 Å². The van der Waals surface area contributed by atoms with Gasteiger partial charge >= 0.3 is 0 Å². The van der Waals surface area contributed by atoms with Crippen molar-refractivity contribution in [3.8, 4) is 22.6 Å². The third kappa shape index (κ3) is 5.14. The van der Waals surface area contributed by atoms with Crippen LogP contribution >= 0.6 is 23.2 Å². The maximum absolute atomic E-state index is 12.3. The van der Waals surface area contributed by atoms with E-state index in [4.69, 9.17) is 37.1 Å². The SMILES string of the molecule is Cc1cc(NC(=O)/C=C/c2ccc(-c3cc(Cl)cc(Cl)c3)o2)ccc1-c1ccc(CO)o1. The molecule has 0 saturated heterocycles. The summed E-state index contributed by atoms with van der Waals surface area (Å²) in [4.78, 5) is 12.3. The fourth-order valence-electron chi connectivity index (χ4n) is 3.26. The van der Waals surface area contributed by atoms with Crippen molar-refractivity contribution in [1.82, 2.24) is 0 Å². The number of aryl methyl sites for hydroxylation is 1. The van der Waals surface area contributed by atoms with Gasteiger partial charge < -0.3 is 19.3 Å². The summed E-state index contributed by atoms with van der Waals surface area (Å²) in [5, 5.41) is 13.0. The highest BCUT2D eigenvalue weighted by Gasteiger charge is 2.09. The molecule has 0 radical (unpaired) electrons. The molecule has 2 aromatic heterocycles. The molecule has 0 saturated carbocycles. The molecule has 0 atom stereocenters. The van der Waals surface area contributed by atoms with E-state index in [1.165, 1.54) is 6.08 Å². The molecule has 32 heavy (non-hydrogen) atoms. The van der Waals surface area contributed by atoms with Crippen molar-refractivity contribution >= 4 is 40.9 Å². The second-order valence-corrected chi connectivity index (χ2v) is 8.01. The summed E-state index contributed by atoms with van der Waals surface area (Å²) in [7, 11) is 0. The lowest BCUT2D eigenvalue weighted by molar-refractivity contribution is -0.111. The number of nitrogens with one attached hydrogen (secondary N) is 1. The number of anilines is 1. The first kappa shape index (κ1) is 22.0. The second kappa shape index (κ2) is 9.49. The molecule has 2 aromatic carbocycles. The van der Waals surface area contributed by atoms with Crippen molar-refractivity contribution in [2.45, 2.75) is 13.5 Å². The van der Waals surface area contributed by atoms with E-state index in [1.54, 1.807) is 48.5 Å². The van der Waals surface area contributed by atoms with Crippen LogP contribution in [0.1, 0.15) is 17.1 Å². The van der Waals surface area contributed by atoms with Crippen LogP contribution in [0.5, 0.6) is 0 Å². The summed E-state index contributed by atoms with van der Waals surface area (Å²) in [6.45, 7) is 1.78. The summed E-state index contributed by atoms with van der Waals surface area (Å²) in [5.41, 5.74) is 3.23. The van der Waals surface area contributed by atoms with Crippen LogP contribution in [0, 0.1) is 6.92 Å². The van der Waals surface area contributed by atoms with Crippen LogP contribution in [0.4, 0.5) is 5.69 Å². The minimum Gasteiger partial charge on any atom is -0.459 e. The van der Waals surface area contributed by atoms with Crippen LogP contribution in [-0.4, -0.2) is 11.0 Å². The Morgan fingerprint density at radius 3 is 2.41 bits per heavy atom. The Labute approximate surface area is 194 Å². The molecule has 4 rings (SSSR count). The van der Waals surface area contributed by atoms with Crippen molar-refractivity contribution in [2.24, 2.45) is 0 Å². The predicted octanol–water partition coefficient (Wildman–Crippen LogP) is 6.97. The van der Waals surface area contributed by atoms with E-state index in [0.717, 1.165) is 16.7 Å². The zero-order valence-corrected chi connectivity index (χ0v) is 18.6. The van der Waals surface area contributed by atoms with Crippen molar-refractivity contribution in [3.05, 3.63) is 93.9 Å². The van der Waals surface area contributed by atoms with Gasteiger partial charge in [0.25, 0.3) is 0 Å². The number of carbonyl (C=O) groups is 1. The van der Waals surface area contributed by atoms with Crippen molar-refractivity contribution < 1.29 is 18.7 Å². The van der Waals surface area contributed by atoms with Gasteiger partial charge in [0.15, 0.2) is 0 Å².